The molecule has 0 saturated carbocycles. The first-order chi connectivity index (χ1) is 15.0. The molecule has 0 aliphatic heterocycles. The second-order valence-corrected chi connectivity index (χ2v) is 7.72. The molecule has 3 aromatic carbocycles. The number of benzene rings is 3. The fourth-order valence-corrected chi connectivity index (χ4v) is 3.54. The van der Waals surface area contributed by atoms with Crippen LogP contribution in [0.4, 0.5) is 5.82 Å². The number of carbonyl (C=O) groups is 1. The summed E-state index contributed by atoms with van der Waals surface area (Å²) in [6.45, 7) is 0. The van der Waals surface area contributed by atoms with Gasteiger partial charge in [-0.25, -0.2) is 10.9 Å². The van der Waals surface area contributed by atoms with E-state index in [0.29, 0.717) is 15.7 Å². The maximum Gasteiger partial charge on any atom is 0.246 e. The van der Waals surface area contributed by atoms with Crippen LogP contribution in [-0.4, -0.2) is 16.1 Å². The number of hydrazine groups is 1. The summed E-state index contributed by atoms with van der Waals surface area (Å²) in [5, 5.41) is 10.8. The number of hydrogen-bond donors (Lipinski definition) is 1. The molecule has 0 atom stereocenters. The van der Waals surface area contributed by atoms with Crippen LogP contribution in [0.3, 0.4) is 0 Å². The van der Waals surface area contributed by atoms with Crippen molar-refractivity contribution in [3.05, 3.63) is 101 Å². The van der Waals surface area contributed by atoms with Crippen LogP contribution < -0.4 is 10.9 Å². The second kappa shape index (κ2) is 9.27. The highest BCUT2D eigenvalue weighted by atomic mass is 35.5. The lowest BCUT2D eigenvalue weighted by molar-refractivity contribution is -0.118. The van der Waals surface area contributed by atoms with Crippen LogP contribution in [0.25, 0.3) is 22.4 Å². The van der Waals surface area contributed by atoms with E-state index in [1.54, 1.807) is 24.3 Å². The van der Waals surface area contributed by atoms with Crippen LogP contribution in [0.5, 0.6) is 0 Å². The minimum Gasteiger partial charge on any atom is -0.273 e. The average molecular weight is 449 g/mol. The summed E-state index contributed by atoms with van der Waals surface area (Å²) in [6.07, 6.45) is 0.154. The van der Waals surface area contributed by atoms with Gasteiger partial charge in [0.05, 0.1) is 11.4 Å². The Kier molecular flexibility index (Phi) is 6.28. The Morgan fingerprint density at radius 3 is 2.23 bits per heavy atom. The molecule has 0 aliphatic rings. The Balaban J connectivity index is 1.75. The topological polar surface area (TPSA) is 72.1 Å². The summed E-state index contributed by atoms with van der Waals surface area (Å²) >= 11 is 12.5. The maximum atomic E-state index is 12.7. The zero-order valence-electron chi connectivity index (χ0n) is 16.4. The Bertz CT molecular complexity index is 1210. The molecule has 1 aromatic heterocycles. The molecule has 0 unspecified atom stereocenters. The summed E-state index contributed by atoms with van der Waals surface area (Å²) in [5.74, 6) is 6.05. The molecule has 7 heteroatoms. The van der Waals surface area contributed by atoms with Crippen LogP contribution in [0.15, 0.2) is 84.9 Å². The standard InChI is InChI=1S/C24H18Cl2N4O/c25-18-12-10-17(11-13-18)20-15-22(28-29-24(20)19-8-4-5-9-21(19)26)30(27)23(31)14-16-6-2-1-3-7-16/h1-13,15H,14,27H2. The third kappa shape index (κ3) is 4.75. The van der Waals surface area contributed by atoms with E-state index >= 15 is 0 Å². The lowest BCUT2D eigenvalue weighted by atomic mass is 10.00. The molecule has 0 spiro atoms. The third-order valence-electron chi connectivity index (χ3n) is 4.78. The Labute approximate surface area is 190 Å². The summed E-state index contributed by atoms with van der Waals surface area (Å²) in [7, 11) is 0. The molecule has 0 fully saturated rings. The maximum absolute atomic E-state index is 12.7. The fraction of sp³-hybridized carbons (Fsp3) is 0.0417. The van der Waals surface area contributed by atoms with Crippen LogP contribution in [0.1, 0.15) is 5.56 Å². The van der Waals surface area contributed by atoms with Crippen molar-refractivity contribution in [2.24, 2.45) is 5.84 Å². The van der Waals surface area contributed by atoms with Crippen molar-refractivity contribution in [3.63, 3.8) is 0 Å². The predicted molar refractivity (Wildman–Crippen MR) is 125 cm³/mol. The van der Waals surface area contributed by atoms with Crippen LogP contribution >= 0.6 is 23.2 Å². The first kappa shape index (κ1) is 21.0. The number of carbonyl (C=O) groups excluding carboxylic acids is 1. The number of hydrogen-bond acceptors (Lipinski definition) is 4. The smallest absolute Gasteiger partial charge is 0.246 e. The van der Waals surface area contributed by atoms with Crippen LogP contribution in [-0.2, 0) is 11.2 Å². The number of aromatic nitrogens is 2. The van der Waals surface area contributed by atoms with Crippen molar-refractivity contribution in [1.82, 2.24) is 10.2 Å². The molecular weight excluding hydrogens is 431 g/mol. The average Bonchev–Trinajstić information content (AvgIpc) is 2.80. The first-order valence-corrected chi connectivity index (χ1v) is 10.3. The number of nitrogens with zero attached hydrogens (tertiary/aromatic N) is 3. The quantitative estimate of drug-likeness (QED) is 0.246. The van der Waals surface area contributed by atoms with Gasteiger partial charge in [0.25, 0.3) is 0 Å². The molecule has 4 aromatic rings. The van der Waals surface area contributed by atoms with E-state index in [-0.39, 0.29) is 18.1 Å². The van der Waals surface area contributed by atoms with E-state index in [1.165, 1.54) is 0 Å². The van der Waals surface area contributed by atoms with Gasteiger partial charge in [0.2, 0.25) is 5.91 Å². The Morgan fingerprint density at radius 1 is 0.839 bits per heavy atom. The van der Waals surface area contributed by atoms with Crippen molar-refractivity contribution >= 4 is 34.9 Å². The van der Waals surface area contributed by atoms with E-state index in [9.17, 15) is 4.79 Å². The third-order valence-corrected chi connectivity index (χ3v) is 5.36. The Morgan fingerprint density at radius 2 is 1.52 bits per heavy atom. The number of amides is 1. The monoisotopic (exact) mass is 448 g/mol. The molecule has 5 nitrogen and oxygen atoms in total. The predicted octanol–water partition coefficient (Wildman–Crippen LogP) is 5.57. The van der Waals surface area contributed by atoms with Gasteiger partial charge in [0.15, 0.2) is 5.82 Å². The summed E-state index contributed by atoms with van der Waals surface area (Å²) in [5.41, 5.74) is 3.76. The van der Waals surface area contributed by atoms with E-state index in [1.807, 2.05) is 60.7 Å². The molecule has 2 N–H and O–H groups in total. The van der Waals surface area contributed by atoms with E-state index < -0.39 is 0 Å². The normalized spacial score (nSPS) is 10.7. The van der Waals surface area contributed by atoms with Crippen molar-refractivity contribution in [1.29, 1.82) is 0 Å². The number of rotatable bonds is 5. The molecule has 31 heavy (non-hydrogen) atoms. The zero-order chi connectivity index (χ0) is 21.8. The van der Waals surface area contributed by atoms with E-state index in [4.69, 9.17) is 29.0 Å². The molecule has 0 aliphatic carbocycles. The van der Waals surface area contributed by atoms with Crippen LogP contribution in [0, 0.1) is 0 Å². The highest BCUT2D eigenvalue weighted by Gasteiger charge is 2.19. The summed E-state index contributed by atoms with van der Waals surface area (Å²) in [4.78, 5) is 12.7. The van der Waals surface area contributed by atoms with Gasteiger partial charge in [-0.2, -0.15) is 0 Å². The van der Waals surface area contributed by atoms with Crippen molar-refractivity contribution in [2.45, 2.75) is 6.42 Å². The summed E-state index contributed by atoms with van der Waals surface area (Å²) < 4.78 is 0. The minimum atomic E-state index is -0.298. The van der Waals surface area contributed by atoms with Gasteiger partial charge in [0.1, 0.15) is 5.69 Å². The SMILES string of the molecule is NN(C(=O)Cc1ccccc1)c1cc(-c2ccc(Cl)cc2)c(-c2ccccc2Cl)nn1. The lowest BCUT2D eigenvalue weighted by Crippen LogP contribution is -2.39. The molecule has 0 bridgehead atoms. The molecule has 0 radical (unpaired) electrons. The highest BCUT2D eigenvalue weighted by molar-refractivity contribution is 6.33. The number of anilines is 1. The largest absolute Gasteiger partial charge is 0.273 e. The van der Waals surface area contributed by atoms with Crippen molar-refractivity contribution in [3.8, 4) is 22.4 Å². The van der Waals surface area contributed by atoms with Crippen molar-refractivity contribution in [2.75, 3.05) is 5.01 Å². The minimum absolute atomic E-state index is 0.154. The molecule has 0 saturated heterocycles. The highest BCUT2D eigenvalue weighted by Crippen LogP contribution is 2.35. The molecule has 4 rings (SSSR count). The molecular formula is C24H18Cl2N4O. The van der Waals surface area contributed by atoms with Gasteiger partial charge in [0, 0.05) is 16.1 Å². The number of halogens is 2. The zero-order valence-corrected chi connectivity index (χ0v) is 17.9. The van der Waals surface area contributed by atoms with Crippen molar-refractivity contribution < 1.29 is 4.79 Å². The van der Waals surface area contributed by atoms with Gasteiger partial charge in [-0.3, -0.25) is 4.79 Å². The van der Waals surface area contributed by atoms with Gasteiger partial charge in [-0.15, -0.1) is 10.2 Å². The summed E-state index contributed by atoms with van der Waals surface area (Å²) in [6, 6.07) is 25.8. The lowest BCUT2D eigenvalue weighted by Gasteiger charge is -2.18. The second-order valence-electron chi connectivity index (χ2n) is 6.88. The number of nitrogens with two attached hydrogens (primary N) is 1. The van der Waals surface area contributed by atoms with Gasteiger partial charge in [-0.05, 0) is 35.4 Å². The van der Waals surface area contributed by atoms with Gasteiger partial charge in [-0.1, -0.05) is 83.9 Å². The molecule has 1 heterocycles. The Hall–Kier alpha value is -3.25. The van der Waals surface area contributed by atoms with Crippen LogP contribution in [0.2, 0.25) is 10.0 Å². The first-order valence-electron chi connectivity index (χ1n) is 9.53. The molecule has 1 amide bonds. The van der Waals surface area contributed by atoms with Gasteiger partial charge >= 0.3 is 0 Å². The van der Waals surface area contributed by atoms with E-state index in [0.717, 1.165) is 27.3 Å². The fourth-order valence-electron chi connectivity index (χ4n) is 3.18. The molecule has 154 valence electrons. The van der Waals surface area contributed by atoms with E-state index in [2.05, 4.69) is 10.2 Å². The van der Waals surface area contributed by atoms with Gasteiger partial charge < -0.3 is 0 Å².